The fourth-order valence-corrected chi connectivity index (χ4v) is 4.62. The molecule has 5 heterocycles. The van der Waals surface area contributed by atoms with E-state index in [1.807, 2.05) is 24.4 Å². The Morgan fingerprint density at radius 1 is 1.20 bits per heavy atom. The lowest BCUT2D eigenvalue weighted by Crippen LogP contribution is -2.54. The first-order valence-corrected chi connectivity index (χ1v) is 10.2. The molecule has 158 valence electrons. The van der Waals surface area contributed by atoms with Crippen LogP contribution in [0, 0.1) is 0 Å². The van der Waals surface area contributed by atoms with Crippen LogP contribution in [0.3, 0.4) is 0 Å². The zero-order valence-electron chi connectivity index (χ0n) is 17.7. The number of carbonyl (C=O) groups is 1. The molecular weight excluding hydrogens is 384 g/mol. The molecule has 1 N–H and O–H groups in total. The van der Waals surface area contributed by atoms with E-state index in [0.717, 1.165) is 23.6 Å². The van der Waals surface area contributed by atoms with E-state index in [2.05, 4.69) is 36.0 Å². The smallest absolute Gasteiger partial charge is 0.415 e. The summed E-state index contributed by atoms with van der Waals surface area (Å²) in [6.45, 7) is 7.89. The number of anilines is 4. The van der Waals surface area contributed by atoms with Crippen LogP contribution in [-0.4, -0.2) is 59.5 Å². The summed E-state index contributed by atoms with van der Waals surface area (Å²) in [4.78, 5) is 29.9. The zero-order chi connectivity index (χ0) is 21.1. The molecule has 0 saturated carbocycles. The highest BCUT2D eigenvalue weighted by Crippen LogP contribution is 2.52. The Labute approximate surface area is 175 Å². The molecular formula is C21H26N6O3. The van der Waals surface area contributed by atoms with Crippen molar-refractivity contribution in [3.8, 4) is 0 Å². The summed E-state index contributed by atoms with van der Waals surface area (Å²) in [6, 6.07) is 5.82. The molecule has 2 saturated heterocycles. The zero-order valence-corrected chi connectivity index (χ0v) is 17.7. The van der Waals surface area contributed by atoms with Gasteiger partial charge in [-0.1, -0.05) is 13.0 Å². The molecule has 2 aromatic heterocycles. The quantitative estimate of drug-likeness (QED) is 0.826. The molecule has 3 aliphatic heterocycles. The molecule has 5 rings (SSSR count). The number of nitrogens with zero attached hydrogens (tertiary/aromatic N) is 5. The van der Waals surface area contributed by atoms with Crippen molar-refractivity contribution in [2.45, 2.75) is 44.2 Å². The lowest BCUT2D eigenvalue weighted by atomic mass is 9.73. The molecule has 0 aromatic carbocycles. The highest BCUT2D eigenvalue weighted by molar-refractivity contribution is 5.88. The molecule has 0 unspecified atom stereocenters. The SMILES string of the molecule is CNc1ncc2c(n1)N(c1cccc(N3CCOC3=O)n1)[C@@H]1CC(C)(C)OC[C@]21C. The van der Waals surface area contributed by atoms with E-state index in [-0.39, 0.29) is 23.2 Å². The van der Waals surface area contributed by atoms with Crippen molar-refractivity contribution in [1.29, 1.82) is 0 Å². The maximum absolute atomic E-state index is 12.1. The molecule has 30 heavy (non-hydrogen) atoms. The molecule has 1 amide bonds. The molecule has 9 nitrogen and oxygen atoms in total. The van der Waals surface area contributed by atoms with Gasteiger partial charge in [-0.25, -0.2) is 14.8 Å². The number of cyclic esters (lactones) is 1. The molecule has 0 bridgehead atoms. The molecule has 9 heteroatoms. The summed E-state index contributed by atoms with van der Waals surface area (Å²) >= 11 is 0. The second-order valence-corrected chi connectivity index (χ2v) is 8.86. The number of fused-ring (bicyclic) bond motifs is 3. The van der Waals surface area contributed by atoms with Crippen LogP contribution in [0.4, 0.5) is 28.2 Å². The number of carbonyl (C=O) groups excluding carboxylic acids is 1. The summed E-state index contributed by atoms with van der Waals surface area (Å²) < 4.78 is 11.3. The van der Waals surface area contributed by atoms with Crippen LogP contribution in [0.5, 0.6) is 0 Å². The van der Waals surface area contributed by atoms with Crippen molar-refractivity contribution in [2.24, 2.45) is 0 Å². The van der Waals surface area contributed by atoms with Gasteiger partial charge in [-0.05, 0) is 32.4 Å². The van der Waals surface area contributed by atoms with E-state index in [0.29, 0.717) is 31.5 Å². The predicted molar refractivity (Wildman–Crippen MR) is 112 cm³/mol. The van der Waals surface area contributed by atoms with Crippen molar-refractivity contribution in [3.63, 3.8) is 0 Å². The maximum atomic E-state index is 12.1. The van der Waals surface area contributed by atoms with Crippen molar-refractivity contribution < 1.29 is 14.3 Å². The summed E-state index contributed by atoms with van der Waals surface area (Å²) in [5.41, 5.74) is 0.524. The van der Waals surface area contributed by atoms with Gasteiger partial charge in [-0.3, -0.25) is 4.90 Å². The topological polar surface area (TPSA) is 92.7 Å². The Kier molecular flexibility index (Phi) is 4.15. The third-order valence-corrected chi connectivity index (χ3v) is 6.33. The Morgan fingerprint density at radius 3 is 2.73 bits per heavy atom. The van der Waals surface area contributed by atoms with E-state index in [1.165, 1.54) is 0 Å². The van der Waals surface area contributed by atoms with Gasteiger partial charge in [0.1, 0.15) is 24.1 Å². The molecule has 3 aliphatic rings. The molecule has 2 atom stereocenters. The van der Waals surface area contributed by atoms with E-state index in [1.54, 1.807) is 11.9 Å². The first-order chi connectivity index (χ1) is 14.3. The van der Waals surface area contributed by atoms with Crippen LogP contribution in [0.15, 0.2) is 24.4 Å². The standard InChI is InChI=1S/C21H26N6O3/c1-20(2)10-14-21(3,12-30-20)13-11-23-18(22-4)25-17(13)27(14)16-7-5-6-15(24-16)26-8-9-29-19(26)28/h5-7,11,14H,8-10,12H2,1-4H3,(H,22,23,25)/t14-,21-/m1/s1. The minimum absolute atomic E-state index is 0.103. The minimum atomic E-state index is -0.363. The van der Waals surface area contributed by atoms with Crippen molar-refractivity contribution in [2.75, 3.05) is 41.9 Å². The Balaban J connectivity index is 1.64. The molecule has 0 aliphatic carbocycles. The summed E-state index contributed by atoms with van der Waals surface area (Å²) in [5.74, 6) is 2.72. The second kappa shape index (κ2) is 6.53. The fraction of sp³-hybridized carbons (Fsp3) is 0.524. The van der Waals surface area contributed by atoms with Crippen LogP contribution >= 0.6 is 0 Å². The van der Waals surface area contributed by atoms with Crippen LogP contribution in [-0.2, 0) is 14.9 Å². The number of aromatic nitrogens is 3. The van der Waals surface area contributed by atoms with Crippen molar-refractivity contribution >= 4 is 29.5 Å². The Morgan fingerprint density at radius 2 is 2.00 bits per heavy atom. The van der Waals surface area contributed by atoms with Gasteiger partial charge >= 0.3 is 6.09 Å². The van der Waals surface area contributed by atoms with Gasteiger partial charge in [-0.2, -0.15) is 4.98 Å². The minimum Gasteiger partial charge on any atom is -0.447 e. The number of ether oxygens (including phenoxy) is 2. The summed E-state index contributed by atoms with van der Waals surface area (Å²) in [7, 11) is 1.81. The van der Waals surface area contributed by atoms with Gasteiger partial charge in [0, 0.05) is 24.2 Å². The number of amides is 1. The van der Waals surface area contributed by atoms with E-state index in [4.69, 9.17) is 19.4 Å². The monoisotopic (exact) mass is 410 g/mol. The first kappa shape index (κ1) is 19.0. The van der Waals surface area contributed by atoms with Crippen LogP contribution < -0.4 is 15.1 Å². The van der Waals surface area contributed by atoms with E-state index in [9.17, 15) is 4.79 Å². The molecule has 0 spiro atoms. The predicted octanol–water partition coefficient (Wildman–Crippen LogP) is 2.85. The highest BCUT2D eigenvalue weighted by atomic mass is 16.6. The van der Waals surface area contributed by atoms with Crippen LogP contribution in [0.2, 0.25) is 0 Å². The first-order valence-electron chi connectivity index (χ1n) is 10.2. The van der Waals surface area contributed by atoms with Crippen molar-refractivity contribution in [1.82, 2.24) is 15.0 Å². The lowest BCUT2D eigenvalue weighted by Gasteiger charge is -2.46. The Hall–Kier alpha value is -2.94. The van der Waals surface area contributed by atoms with E-state index >= 15 is 0 Å². The lowest BCUT2D eigenvalue weighted by molar-refractivity contribution is -0.0893. The molecule has 2 fully saturated rings. The fourth-order valence-electron chi connectivity index (χ4n) is 4.62. The van der Waals surface area contributed by atoms with Crippen LogP contribution in [0.1, 0.15) is 32.8 Å². The highest BCUT2D eigenvalue weighted by Gasteiger charge is 2.55. The average molecular weight is 410 g/mol. The van der Waals surface area contributed by atoms with Gasteiger partial charge in [0.2, 0.25) is 5.95 Å². The van der Waals surface area contributed by atoms with Gasteiger partial charge < -0.3 is 19.7 Å². The summed E-state index contributed by atoms with van der Waals surface area (Å²) in [5, 5.41) is 3.03. The Bertz CT molecular complexity index is 1010. The average Bonchev–Trinajstić information content (AvgIpc) is 3.26. The number of nitrogens with one attached hydrogen (secondary N) is 1. The normalized spacial score (nSPS) is 26.9. The van der Waals surface area contributed by atoms with Gasteiger partial charge in [0.15, 0.2) is 0 Å². The van der Waals surface area contributed by atoms with Gasteiger partial charge in [0.05, 0.1) is 24.8 Å². The third kappa shape index (κ3) is 2.79. The maximum Gasteiger partial charge on any atom is 0.415 e. The van der Waals surface area contributed by atoms with Gasteiger partial charge in [-0.15, -0.1) is 0 Å². The largest absolute Gasteiger partial charge is 0.447 e. The number of rotatable bonds is 3. The van der Waals surface area contributed by atoms with E-state index < -0.39 is 0 Å². The number of hydrogen-bond donors (Lipinski definition) is 1. The molecule has 0 radical (unpaired) electrons. The third-order valence-electron chi connectivity index (χ3n) is 6.33. The van der Waals surface area contributed by atoms with Crippen LogP contribution in [0.25, 0.3) is 0 Å². The number of hydrogen-bond acceptors (Lipinski definition) is 8. The number of pyridine rings is 1. The van der Waals surface area contributed by atoms with Gasteiger partial charge in [0.25, 0.3) is 0 Å². The summed E-state index contributed by atoms with van der Waals surface area (Å²) in [6.07, 6.45) is 2.34. The second-order valence-electron chi connectivity index (χ2n) is 8.86. The van der Waals surface area contributed by atoms with Crippen molar-refractivity contribution in [3.05, 3.63) is 30.0 Å². The molecule has 2 aromatic rings.